The zero-order chi connectivity index (χ0) is 23.4. The Morgan fingerprint density at radius 2 is 1.97 bits per heavy atom. The molecule has 8 heteroatoms. The van der Waals surface area contributed by atoms with E-state index in [1.54, 1.807) is 6.20 Å². The number of amides is 1. The minimum Gasteiger partial charge on any atom is -0.381 e. The molecule has 6 rings (SSSR count). The molecule has 0 radical (unpaired) electrons. The van der Waals surface area contributed by atoms with Crippen LogP contribution in [0.25, 0.3) is 16.6 Å². The van der Waals surface area contributed by atoms with Crippen LogP contribution in [0.2, 0.25) is 5.02 Å². The van der Waals surface area contributed by atoms with Gasteiger partial charge in [-0.25, -0.2) is 4.98 Å². The smallest absolute Gasteiger partial charge is 0.274 e. The molecule has 1 N–H and O–H groups in total. The maximum Gasteiger partial charge on any atom is 0.274 e. The third-order valence-electron chi connectivity index (χ3n) is 7.14. The van der Waals surface area contributed by atoms with E-state index in [1.165, 1.54) is 5.56 Å². The van der Waals surface area contributed by atoms with Crippen LogP contribution in [0.15, 0.2) is 41.3 Å². The number of hydrogen-bond donors (Lipinski definition) is 1. The van der Waals surface area contributed by atoms with Gasteiger partial charge in [0, 0.05) is 42.8 Å². The Balaban J connectivity index is 1.42. The van der Waals surface area contributed by atoms with Crippen LogP contribution in [-0.2, 0) is 17.7 Å². The van der Waals surface area contributed by atoms with E-state index in [-0.39, 0.29) is 17.4 Å². The number of ether oxygens (including phenoxy) is 1. The van der Waals surface area contributed by atoms with Crippen LogP contribution in [0.5, 0.6) is 0 Å². The van der Waals surface area contributed by atoms with Gasteiger partial charge in [0.15, 0.2) is 0 Å². The lowest BCUT2D eigenvalue weighted by atomic mass is 9.98. The summed E-state index contributed by atoms with van der Waals surface area (Å²) in [6, 6.07) is 9.68. The van der Waals surface area contributed by atoms with Crippen molar-refractivity contribution in [3.63, 3.8) is 0 Å². The van der Waals surface area contributed by atoms with Crippen molar-refractivity contribution in [2.45, 2.75) is 38.6 Å². The third-order valence-corrected chi connectivity index (χ3v) is 7.37. The lowest BCUT2D eigenvalue weighted by molar-refractivity contribution is 0.0734. The van der Waals surface area contributed by atoms with Crippen LogP contribution in [0.3, 0.4) is 0 Å². The van der Waals surface area contributed by atoms with Crippen molar-refractivity contribution in [1.29, 1.82) is 0 Å². The van der Waals surface area contributed by atoms with Gasteiger partial charge < -0.3 is 14.6 Å². The van der Waals surface area contributed by atoms with E-state index >= 15 is 0 Å². The number of hydrogen-bond acceptors (Lipinski definition) is 4. The maximum atomic E-state index is 13.5. The Bertz CT molecular complexity index is 1500. The van der Waals surface area contributed by atoms with E-state index in [9.17, 15) is 9.59 Å². The highest BCUT2D eigenvalue weighted by Crippen LogP contribution is 2.30. The summed E-state index contributed by atoms with van der Waals surface area (Å²) in [4.78, 5) is 35.9. The third kappa shape index (κ3) is 3.51. The zero-order valence-electron chi connectivity index (χ0n) is 18.9. The highest BCUT2D eigenvalue weighted by molar-refractivity contribution is 6.30. The molecule has 2 aromatic carbocycles. The predicted octanol–water partition coefficient (Wildman–Crippen LogP) is 4.23. The highest BCUT2D eigenvalue weighted by atomic mass is 35.5. The number of carbonyl (C=O) groups excluding carboxylic acids is 1. The van der Waals surface area contributed by atoms with Crippen molar-refractivity contribution in [3.8, 4) is 0 Å². The van der Waals surface area contributed by atoms with Gasteiger partial charge in [0.25, 0.3) is 11.5 Å². The quantitative estimate of drug-likeness (QED) is 0.469. The first kappa shape index (κ1) is 21.4. The normalized spacial score (nSPS) is 16.8. The summed E-state index contributed by atoms with van der Waals surface area (Å²) >= 11 is 6.18. The van der Waals surface area contributed by atoms with E-state index in [1.807, 2.05) is 46.6 Å². The SMILES string of the molecule is Cc1cc2c(cc1C(=O)N1CCc3ccc(Cl)cc3C1)[nH]c(=O)c1cnc(C3CCOCC3)n12. The molecule has 2 aromatic heterocycles. The maximum absolute atomic E-state index is 13.5. The molecule has 34 heavy (non-hydrogen) atoms. The van der Waals surface area contributed by atoms with E-state index in [4.69, 9.17) is 16.3 Å². The monoisotopic (exact) mass is 476 g/mol. The van der Waals surface area contributed by atoms with Gasteiger partial charge in [0.1, 0.15) is 11.3 Å². The number of nitrogens with one attached hydrogen (secondary N) is 1. The van der Waals surface area contributed by atoms with Crippen molar-refractivity contribution >= 4 is 34.1 Å². The van der Waals surface area contributed by atoms with Gasteiger partial charge in [-0.2, -0.15) is 0 Å². The molecule has 1 amide bonds. The minimum atomic E-state index is -0.206. The second-order valence-electron chi connectivity index (χ2n) is 9.25. The molecule has 2 aliphatic heterocycles. The Morgan fingerprint density at radius 3 is 2.79 bits per heavy atom. The van der Waals surface area contributed by atoms with Crippen LogP contribution < -0.4 is 5.56 Å². The predicted molar refractivity (Wildman–Crippen MR) is 131 cm³/mol. The Labute approximate surface area is 201 Å². The standard InChI is InChI=1S/C26H25ClN4O3/c1-15-10-22-21(29-25(32)23-13-28-24(31(22)23)17-5-8-34-9-6-17)12-20(15)26(33)30-7-4-16-2-3-19(27)11-18(16)14-30/h2-3,10-13,17H,4-9,14H2,1H3,(H,29,32). The second-order valence-corrected chi connectivity index (χ2v) is 9.69. The number of halogens is 1. The van der Waals surface area contributed by atoms with E-state index in [2.05, 4.69) is 9.97 Å². The van der Waals surface area contributed by atoms with Gasteiger partial charge in [-0.05, 0) is 67.1 Å². The largest absolute Gasteiger partial charge is 0.381 e. The molecule has 7 nitrogen and oxygen atoms in total. The summed E-state index contributed by atoms with van der Waals surface area (Å²) in [5.41, 5.74) is 5.60. The summed E-state index contributed by atoms with van der Waals surface area (Å²) < 4.78 is 7.48. The minimum absolute atomic E-state index is 0.0405. The number of carbonyl (C=O) groups is 1. The van der Waals surface area contributed by atoms with Crippen LogP contribution in [0, 0.1) is 6.92 Å². The number of rotatable bonds is 2. The second kappa shape index (κ2) is 8.25. The van der Waals surface area contributed by atoms with Crippen molar-refractivity contribution in [2.24, 2.45) is 0 Å². The van der Waals surface area contributed by atoms with E-state index < -0.39 is 0 Å². The molecule has 4 heterocycles. The molecule has 0 saturated carbocycles. The van der Waals surface area contributed by atoms with Gasteiger partial charge in [-0.3, -0.25) is 14.0 Å². The first-order valence-corrected chi connectivity index (χ1v) is 12.1. The average Bonchev–Trinajstić information content (AvgIpc) is 3.30. The van der Waals surface area contributed by atoms with E-state index in [0.29, 0.717) is 47.9 Å². The molecule has 4 aromatic rings. The van der Waals surface area contributed by atoms with Gasteiger partial charge in [0.05, 0.1) is 17.2 Å². The van der Waals surface area contributed by atoms with Crippen molar-refractivity contribution in [3.05, 3.63) is 80.0 Å². The van der Waals surface area contributed by atoms with Crippen LogP contribution in [0.4, 0.5) is 0 Å². The fraction of sp³-hybridized carbons (Fsp3) is 0.346. The van der Waals surface area contributed by atoms with Gasteiger partial charge in [-0.15, -0.1) is 0 Å². The number of imidazole rings is 1. The Kier molecular flexibility index (Phi) is 5.19. The van der Waals surface area contributed by atoms with Gasteiger partial charge in [0.2, 0.25) is 0 Å². The Hall–Kier alpha value is -3.16. The summed E-state index contributed by atoms with van der Waals surface area (Å²) in [6.45, 7) is 4.52. The lowest BCUT2D eigenvalue weighted by Gasteiger charge is -2.29. The topological polar surface area (TPSA) is 79.7 Å². The van der Waals surface area contributed by atoms with Crippen LogP contribution >= 0.6 is 11.6 Å². The summed E-state index contributed by atoms with van der Waals surface area (Å²) in [5.74, 6) is 1.08. The zero-order valence-corrected chi connectivity index (χ0v) is 19.7. The Morgan fingerprint density at radius 1 is 1.15 bits per heavy atom. The van der Waals surface area contributed by atoms with Crippen LogP contribution in [-0.4, -0.2) is 44.9 Å². The summed E-state index contributed by atoms with van der Waals surface area (Å²) in [7, 11) is 0. The highest BCUT2D eigenvalue weighted by Gasteiger charge is 2.26. The average molecular weight is 477 g/mol. The number of aryl methyl sites for hydroxylation is 1. The van der Waals surface area contributed by atoms with Crippen molar-refractivity contribution in [2.75, 3.05) is 19.8 Å². The van der Waals surface area contributed by atoms with Gasteiger partial charge in [-0.1, -0.05) is 17.7 Å². The first-order chi connectivity index (χ1) is 16.5. The van der Waals surface area contributed by atoms with Gasteiger partial charge >= 0.3 is 0 Å². The molecule has 174 valence electrons. The molecular formula is C26H25ClN4O3. The number of fused-ring (bicyclic) bond motifs is 4. The molecule has 0 unspecified atom stereocenters. The van der Waals surface area contributed by atoms with E-state index in [0.717, 1.165) is 41.7 Å². The molecular weight excluding hydrogens is 452 g/mol. The summed E-state index contributed by atoms with van der Waals surface area (Å²) in [6.07, 6.45) is 4.20. The van der Waals surface area contributed by atoms with Crippen molar-refractivity contribution < 1.29 is 9.53 Å². The first-order valence-electron chi connectivity index (χ1n) is 11.7. The molecule has 0 bridgehead atoms. The lowest BCUT2D eigenvalue weighted by Crippen LogP contribution is -2.36. The fourth-order valence-corrected chi connectivity index (χ4v) is 5.48. The number of nitrogens with zero attached hydrogens (tertiary/aromatic N) is 3. The number of benzene rings is 2. The molecule has 1 fully saturated rings. The number of aromatic amines is 1. The summed E-state index contributed by atoms with van der Waals surface area (Å²) in [5, 5.41) is 0.678. The molecule has 0 aliphatic carbocycles. The fourth-order valence-electron chi connectivity index (χ4n) is 5.29. The number of aromatic nitrogens is 3. The van der Waals surface area contributed by atoms with Crippen molar-refractivity contribution in [1.82, 2.24) is 19.3 Å². The number of H-pyrrole nitrogens is 1. The molecule has 0 atom stereocenters. The molecule has 0 spiro atoms. The molecule has 1 saturated heterocycles. The van der Waals surface area contributed by atoms with Crippen LogP contribution in [0.1, 0.15) is 51.6 Å². The molecule has 2 aliphatic rings.